The van der Waals surface area contributed by atoms with Crippen LogP contribution in [0.3, 0.4) is 0 Å². The zero-order valence-corrected chi connectivity index (χ0v) is 13.6. The van der Waals surface area contributed by atoms with E-state index < -0.39 is 0 Å². The predicted octanol–water partition coefficient (Wildman–Crippen LogP) is 4.01. The summed E-state index contributed by atoms with van der Waals surface area (Å²) in [6.45, 7) is 2.01. The number of halogens is 1. The number of hydrogen-bond acceptors (Lipinski definition) is 3. The van der Waals surface area contributed by atoms with Crippen molar-refractivity contribution in [1.82, 2.24) is 15.3 Å². The van der Waals surface area contributed by atoms with Gasteiger partial charge in [-0.05, 0) is 65.8 Å². The number of fused-ring (bicyclic) bond motifs is 1. The average molecular weight is 342 g/mol. The molecule has 106 valence electrons. The second-order valence-electron chi connectivity index (χ2n) is 5.00. The Balaban J connectivity index is 2.09. The molecule has 0 aliphatic heterocycles. The number of rotatable bonds is 3. The van der Waals surface area contributed by atoms with Gasteiger partial charge in [0.05, 0.1) is 17.3 Å². The Morgan fingerprint density at radius 2 is 2.00 bits per heavy atom. The van der Waals surface area contributed by atoms with Crippen molar-refractivity contribution in [3.63, 3.8) is 0 Å². The van der Waals surface area contributed by atoms with Gasteiger partial charge in [0, 0.05) is 21.7 Å². The van der Waals surface area contributed by atoms with Crippen molar-refractivity contribution in [2.24, 2.45) is 0 Å². The third-order valence-corrected chi connectivity index (χ3v) is 4.21. The molecule has 3 rings (SSSR count). The van der Waals surface area contributed by atoms with Gasteiger partial charge in [0.1, 0.15) is 0 Å². The minimum atomic E-state index is 0.0475. The van der Waals surface area contributed by atoms with E-state index in [9.17, 15) is 0 Å². The first kappa shape index (κ1) is 14.2. The van der Waals surface area contributed by atoms with Gasteiger partial charge in [0.2, 0.25) is 0 Å². The van der Waals surface area contributed by atoms with Crippen LogP contribution in [-0.2, 0) is 0 Å². The Hall–Kier alpha value is -1.78. The minimum Gasteiger partial charge on any atom is -0.308 e. The van der Waals surface area contributed by atoms with Crippen molar-refractivity contribution < 1.29 is 0 Å². The topological polar surface area (TPSA) is 37.8 Å². The number of pyridine rings is 2. The first-order valence-electron chi connectivity index (χ1n) is 6.84. The third-order valence-electron chi connectivity index (χ3n) is 3.53. The lowest BCUT2D eigenvalue weighted by molar-refractivity contribution is 0.668. The van der Waals surface area contributed by atoms with Crippen LogP contribution >= 0.6 is 15.9 Å². The molecule has 0 aliphatic carbocycles. The maximum atomic E-state index is 4.55. The molecule has 1 aromatic carbocycles. The highest BCUT2D eigenvalue weighted by molar-refractivity contribution is 9.10. The van der Waals surface area contributed by atoms with E-state index in [1.54, 1.807) is 0 Å². The maximum absolute atomic E-state index is 4.55. The van der Waals surface area contributed by atoms with Crippen LogP contribution in [0.25, 0.3) is 10.9 Å². The fraction of sp³-hybridized carbons (Fsp3) is 0.176. The fourth-order valence-corrected chi connectivity index (χ4v) is 2.98. The lowest BCUT2D eigenvalue weighted by Gasteiger charge is -2.18. The van der Waals surface area contributed by atoms with Crippen LogP contribution in [0.5, 0.6) is 0 Å². The normalized spacial score (nSPS) is 12.5. The highest BCUT2D eigenvalue weighted by Crippen LogP contribution is 2.28. The number of hydrogen-bond donors (Lipinski definition) is 1. The molecule has 0 saturated heterocycles. The summed E-state index contributed by atoms with van der Waals surface area (Å²) in [7, 11) is 1.95. The van der Waals surface area contributed by atoms with E-state index >= 15 is 0 Å². The number of benzene rings is 1. The minimum absolute atomic E-state index is 0.0475. The quantitative estimate of drug-likeness (QED) is 0.782. The van der Waals surface area contributed by atoms with E-state index in [0.29, 0.717) is 0 Å². The molecular weight excluding hydrogens is 326 g/mol. The number of nitrogens with zero attached hydrogens (tertiary/aromatic N) is 2. The van der Waals surface area contributed by atoms with Crippen LogP contribution in [0.2, 0.25) is 0 Å². The Morgan fingerprint density at radius 1 is 1.14 bits per heavy atom. The molecule has 0 amide bonds. The van der Waals surface area contributed by atoms with Crippen LogP contribution in [0.1, 0.15) is 23.0 Å². The van der Waals surface area contributed by atoms with Crippen LogP contribution in [0, 0.1) is 6.92 Å². The summed E-state index contributed by atoms with van der Waals surface area (Å²) in [5.74, 6) is 0. The van der Waals surface area contributed by atoms with E-state index in [-0.39, 0.29) is 6.04 Å². The number of aromatic nitrogens is 2. The van der Waals surface area contributed by atoms with Gasteiger partial charge in [0.25, 0.3) is 0 Å². The summed E-state index contributed by atoms with van der Waals surface area (Å²) in [5, 5.41) is 4.48. The molecule has 0 aliphatic rings. The first-order valence-corrected chi connectivity index (χ1v) is 7.63. The average Bonchev–Trinajstić information content (AvgIpc) is 2.50. The second kappa shape index (κ2) is 5.92. The predicted molar refractivity (Wildman–Crippen MR) is 89.3 cm³/mol. The van der Waals surface area contributed by atoms with Gasteiger partial charge in [-0.15, -0.1) is 0 Å². The van der Waals surface area contributed by atoms with Crippen LogP contribution in [0.15, 0.2) is 53.1 Å². The van der Waals surface area contributed by atoms with E-state index in [1.807, 2.05) is 38.4 Å². The monoisotopic (exact) mass is 341 g/mol. The molecule has 4 heteroatoms. The van der Waals surface area contributed by atoms with Gasteiger partial charge in [-0.25, -0.2) is 0 Å². The summed E-state index contributed by atoms with van der Waals surface area (Å²) < 4.78 is 1.01. The Bertz CT molecular complexity index is 786. The zero-order chi connectivity index (χ0) is 14.8. The molecule has 0 spiro atoms. The Morgan fingerprint density at radius 3 is 2.76 bits per heavy atom. The highest BCUT2D eigenvalue weighted by Gasteiger charge is 2.16. The van der Waals surface area contributed by atoms with Crippen LogP contribution in [-0.4, -0.2) is 17.0 Å². The van der Waals surface area contributed by atoms with E-state index in [0.717, 1.165) is 26.8 Å². The molecule has 0 radical (unpaired) electrons. The molecule has 0 bridgehead atoms. The van der Waals surface area contributed by atoms with Gasteiger partial charge in [-0.1, -0.05) is 12.1 Å². The summed E-state index contributed by atoms with van der Waals surface area (Å²) in [6.07, 6.45) is 1.82. The Labute approximate surface area is 132 Å². The molecule has 2 aromatic heterocycles. The summed E-state index contributed by atoms with van der Waals surface area (Å²) in [5.41, 5.74) is 4.22. The highest BCUT2D eigenvalue weighted by atomic mass is 79.9. The van der Waals surface area contributed by atoms with Crippen molar-refractivity contribution in [3.8, 4) is 0 Å². The van der Waals surface area contributed by atoms with Gasteiger partial charge >= 0.3 is 0 Å². The maximum Gasteiger partial charge on any atom is 0.0760 e. The summed E-state index contributed by atoms with van der Waals surface area (Å²) in [6, 6.07) is 14.5. The molecule has 1 atom stereocenters. The van der Waals surface area contributed by atoms with Crippen LogP contribution < -0.4 is 5.32 Å². The van der Waals surface area contributed by atoms with E-state index in [2.05, 4.69) is 55.5 Å². The molecule has 1 N–H and O–H groups in total. The van der Waals surface area contributed by atoms with Crippen molar-refractivity contribution in [2.75, 3.05) is 7.05 Å². The largest absolute Gasteiger partial charge is 0.308 e. The third kappa shape index (κ3) is 2.82. The molecule has 1 unspecified atom stereocenters. The SMILES string of the molecule is CNC(c1ccc2nc(C)ccc2c1)c1ncccc1Br. The van der Waals surface area contributed by atoms with Crippen molar-refractivity contribution in [3.05, 3.63) is 70.1 Å². The molecule has 3 nitrogen and oxygen atoms in total. The lowest BCUT2D eigenvalue weighted by Crippen LogP contribution is -2.19. The molecule has 0 saturated carbocycles. The van der Waals surface area contributed by atoms with Gasteiger partial charge in [0.15, 0.2) is 0 Å². The summed E-state index contributed by atoms with van der Waals surface area (Å²) in [4.78, 5) is 9.04. The molecular formula is C17H16BrN3. The zero-order valence-electron chi connectivity index (χ0n) is 12.0. The molecule has 21 heavy (non-hydrogen) atoms. The summed E-state index contributed by atoms with van der Waals surface area (Å²) >= 11 is 3.58. The van der Waals surface area contributed by atoms with E-state index in [1.165, 1.54) is 5.56 Å². The van der Waals surface area contributed by atoms with Gasteiger partial charge in [-0.2, -0.15) is 0 Å². The van der Waals surface area contributed by atoms with Crippen molar-refractivity contribution in [2.45, 2.75) is 13.0 Å². The van der Waals surface area contributed by atoms with Crippen molar-refractivity contribution in [1.29, 1.82) is 0 Å². The van der Waals surface area contributed by atoms with Gasteiger partial charge < -0.3 is 5.32 Å². The molecule has 3 aromatic rings. The first-order chi connectivity index (χ1) is 10.2. The number of nitrogens with one attached hydrogen (secondary N) is 1. The smallest absolute Gasteiger partial charge is 0.0760 e. The lowest BCUT2D eigenvalue weighted by atomic mass is 10.0. The standard InChI is InChI=1S/C17H16BrN3/c1-11-5-6-12-10-13(7-8-15(12)21-11)16(19-2)17-14(18)4-3-9-20-17/h3-10,16,19H,1-2H3. The van der Waals surface area contributed by atoms with E-state index in [4.69, 9.17) is 0 Å². The molecule has 2 heterocycles. The number of aryl methyl sites for hydroxylation is 1. The molecule has 0 fully saturated rings. The Kier molecular flexibility index (Phi) is 3.99. The van der Waals surface area contributed by atoms with Crippen molar-refractivity contribution >= 4 is 26.8 Å². The fourth-order valence-electron chi connectivity index (χ4n) is 2.50. The van der Waals surface area contributed by atoms with Crippen LogP contribution in [0.4, 0.5) is 0 Å². The second-order valence-corrected chi connectivity index (χ2v) is 5.85. The van der Waals surface area contributed by atoms with Gasteiger partial charge in [-0.3, -0.25) is 9.97 Å².